The second-order valence-corrected chi connectivity index (χ2v) is 7.34. The number of carbonyl (C=O) groups excluding carboxylic acids is 1. The molecule has 5 nitrogen and oxygen atoms in total. The molecule has 5 heteroatoms. The molecule has 1 aliphatic heterocycles. The fourth-order valence-electron chi connectivity index (χ4n) is 3.22. The minimum absolute atomic E-state index is 0.0309. The quantitative estimate of drug-likeness (QED) is 0.759. The van der Waals surface area contributed by atoms with Gasteiger partial charge in [0.2, 0.25) is 0 Å². The van der Waals surface area contributed by atoms with Crippen LogP contribution in [-0.2, 0) is 0 Å². The molecule has 1 N–H and O–H groups in total. The summed E-state index contributed by atoms with van der Waals surface area (Å²) in [6.45, 7) is 7.35. The Balaban J connectivity index is 1.60. The van der Waals surface area contributed by atoms with Crippen LogP contribution in [0.15, 0.2) is 29.8 Å². The van der Waals surface area contributed by atoms with E-state index < -0.39 is 0 Å². The smallest absolute Gasteiger partial charge is 0.251 e. The van der Waals surface area contributed by atoms with Gasteiger partial charge in [-0.25, -0.2) is 0 Å². The molecule has 1 aliphatic carbocycles. The topological polar surface area (TPSA) is 50.8 Å². The van der Waals surface area contributed by atoms with Crippen molar-refractivity contribution in [3.63, 3.8) is 0 Å². The first-order chi connectivity index (χ1) is 12.6. The number of nitrogens with zero attached hydrogens (tertiary/aromatic N) is 1. The van der Waals surface area contributed by atoms with Crippen LogP contribution in [0.3, 0.4) is 0 Å². The van der Waals surface area contributed by atoms with E-state index >= 15 is 0 Å². The Morgan fingerprint density at radius 2 is 1.96 bits per heavy atom. The van der Waals surface area contributed by atoms with Crippen LogP contribution in [0.4, 0.5) is 0 Å². The Morgan fingerprint density at radius 1 is 1.23 bits per heavy atom. The number of hydrogen-bond acceptors (Lipinski definition) is 4. The maximum Gasteiger partial charge on any atom is 0.251 e. The van der Waals surface area contributed by atoms with Crippen molar-refractivity contribution in [1.82, 2.24) is 10.2 Å². The summed E-state index contributed by atoms with van der Waals surface area (Å²) in [5.41, 5.74) is 2.04. The van der Waals surface area contributed by atoms with Gasteiger partial charge in [0.1, 0.15) is 6.10 Å². The van der Waals surface area contributed by atoms with E-state index in [0.29, 0.717) is 23.1 Å². The number of methoxy groups -OCH3 is 1. The van der Waals surface area contributed by atoms with Crippen molar-refractivity contribution in [2.75, 3.05) is 26.7 Å². The van der Waals surface area contributed by atoms with E-state index in [4.69, 9.17) is 9.47 Å². The average molecular weight is 358 g/mol. The second kappa shape index (κ2) is 8.58. The van der Waals surface area contributed by atoms with Crippen molar-refractivity contribution in [3.8, 4) is 11.5 Å². The molecule has 2 aliphatic rings. The summed E-state index contributed by atoms with van der Waals surface area (Å²) < 4.78 is 11.7. The van der Waals surface area contributed by atoms with Gasteiger partial charge in [-0.15, -0.1) is 0 Å². The standard InChI is InChI=1S/C21H30N2O3/c1-4-15(2)14-23-11-9-18(10-12-23)26-20-13-16(5-8-19(20)25-3)21(24)22-17-6-7-17/h4-5,8,13,17-18H,6-7,9-12,14H2,1-3H3,(H,22,24). The molecule has 1 aromatic rings. The number of rotatable bonds is 7. The van der Waals surface area contributed by atoms with Gasteiger partial charge in [0.05, 0.1) is 7.11 Å². The third-order valence-electron chi connectivity index (χ3n) is 5.13. The molecule has 26 heavy (non-hydrogen) atoms. The third kappa shape index (κ3) is 5.01. The fraction of sp³-hybridized carbons (Fsp3) is 0.571. The number of carbonyl (C=O) groups is 1. The maximum absolute atomic E-state index is 12.3. The van der Waals surface area contributed by atoms with Gasteiger partial charge in [-0.2, -0.15) is 0 Å². The normalized spacial score (nSPS) is 19.3. The number of nitrogens with one attached hydrogen (secondary N) is 1. The number of allylic oxidation sites excluding steroid dienone is 1. The van der Waals surface area contributed by atoms with Crippen molar-refractivity contribution < 1.29 is 14.3 Å². The second-order valence-electron chi connectivity index (χ2n) is 7.34. The van der Waals surface area contributed by atoms with E-state index in [2.05, 4.69) is 30.1 Å². The highest BCUT2D eigenvalue weighted by atomic mass is 16.5. The lowest BCUT2D eigenvalue weighted by Crippen LogP contribution is -2.39. The molecule has 1 heterocycles. The zero-order chi connectivity index (χ0) is 18.5. The monoisotopic (exact) mass is 358 g/mol. The Hall–Kier alpha value is -2.01. The zero-order valence-corrected chi connectivity index (χ0v) is 16.1. The SMILES string of the molecule is CC=C(C)CN1CCC(Oc2cc(C(=O)NC3CC3)ccc2OC)CC1. The summed E-state index contributed by atoms with van der Waals surface area (Å²) in [5.74, 6) is 1.32. The molecule has 142 valence electrons. The Bertz CT molecular complexity index is 659. The van der Waals surface area contributed by atoms with Gasteiger partial charge >= 0.3 is 0 Å². The molecule has 1 amide bonds. The lowest BCUT2D eigenvalue weighted by atomic mass is 10.1. The molecule has 1 saturated carbocycles. The molecular formula is C21H30N2O3. The molecule has 1 aromatic carbocycles. The van der Waals surface area contributed by atoms with Crippen LogP contribution in [0, 0.1) is 0 Å². The number of hydrogen-bond donors (Lipinski definition) is 1. The van der Waals surface area contributed by atoms with Crippen LogP contribution in [0.2, 0.25) is 0 Å². The molecule has 0 bridgehead atoms. The highest BCUT2D eigenvalue weighted by molar-refractivity contribution is 5.95. The minimum atomic E-state index is -0.0309. The molecule has 0 radical (unpaired) electrons. The number of likely N-dealkylation sites (tertiary alicyclic amines) is 1. The summed E-state index contributed by atoms with van der Waals surface area (Å²) >= 11 is 0. The Labute approximate surface area is 156 Å². The lowest BCUT2D eigenvalue weighted by molar-refractivity contribution is 0.0943. The number of piperidine rings is 1. The van der Waals surface area contributed by atoms with Crippen molar-refractivity contribution in [1.29, 1.82) is 0 Å². The average Bonchev–Trinajstić information content (AvgIpc) is 3.47. The zero-order valence-electron chi connectivity index (χ0n) is 16.1. The van der Waals surface area contributed by atoms with Gasteiger partial charge < -0.3 is 14.8 Å². The molecule has 3 rings (SSSR count). The van der Waals surface area contributed by atoms with Crippen LogP contribution in [0.5, 0.6) is 11.5 Å². The first kappa shape index (κ1) is 18.8. The van der Waals surface area contributed by atoms with E-state index in [-0.39, 0.29) is 12.0 Å². The van der Waals surface area contributed by atoms with Gasteiger partial charge in [0.15, 0.2) is 11.5 Å². The van der Waals surface area contributed by atoms with Crippen molar-refractivity contribution >= 4 is 5.91 Å². The largest absolute Gasteiger partial charge is 0.493 e. The van der Waals surface area contributed by atoms with Gasteiger partial charge in [0, 0.05) is 31.2 Å². The van der Waals surface area contributed by atoms with Gasteiger partial charge in [-0.05, 0) is 57.7 Å². The van der Waals surface area contributed by atoms with Crippen LogP contribution in [0.1, 0.15) is 49.9 Å². The molecule has 0 unspecified atom stereocenters. The minimum Gasteiger partial charge on any atom is -0.493 e. The first-order valence-corrected chi connectivity index (χ1v) is 9.58. The van der Waals surface area contributed by atoms with Gasteiger partial charge in [-0.3, -0.25) is 9.69 Å². The van der Waals surface area contributed by atoms with Gasteiger partial charge in [0.25, 0.3) is 5.91 Å². The summed E-state index contributed by atoms with van der Waals surface area (Å²) in [5, 5.41) is 3.02. The summed E-state index contributed by atoms with van der Waals surface area (Å²) in [4.78, 5) is 14.8. The van der Waals surface area contributed by atoms with Crippen molar-refractivity contribution in [3.05, 3.63) is 35.4 Å². The number of amides is 1. The van der Waals surface area contributed by atoms with E-state index in [1.165, 1.54) is 5.57 Å². The first-order valence-electron chi connectivity index (χ1n) is 9.58. The molecule has 1 saturated heterocycles. The number of benzene rings is 1. The van der Waals surface area contributed by atoms with Crippen LogP contribution >= 0.6 is 0 Å². The third-order valence-corrected chi connectivity index (χ3v) is 5.13. The fourth-order valence-corrected chi connectivity index (χ4v) is 3.22. The van der Waals surface area contributed by atoms with Crippen molar-refractivity contribution in [2.24, 2.45) is 0 Å². The maximum atomic E-state index is 12.3. The van der Waals surface area contributed by atoms with E-state index in [9.17, 15) is 4.79 Å². The summed E-state index contributed by atoms with van der Waals surface area (Å²) in [6.07, 6.45) is 6.46. The van der Waals surface area contributed by atoms with Crippen LogP contribution < -0.4 is 14.8 Å². The lowest BCUT2D eigenvalue weighted by Gasteiger charge is -2.32. The molecule has 0 aromatic heterocycles. The molecular weight excluding hydrogens is 328 g/mol. The highest BCUT2D eigenvalue weighted by Crippen LogP contribution is 2.31. The van der Waals surface area contributed by atoms with E-state index in [0.717, 1.165) is 45.3 Å². The highest BCUT2D eigenvalue weighted by Gasteiger charge is 2.25. The molecule has 0 spiro atoms. The summed E-state index contributed by atoms with van der Waals surface area (Å²) in [6, 6.07) is 5.78. The van der Waals surface area contributed by atoms with Crippen molar-refractivity contribution in [2.45, 2.75) is 51.7 Å². The van der Waals surface area contributed by atoms with E-state index in [1.807, 2.05) is 12.1 Å². The van der Waals surface area contributed by atoms with Gasteiger partial charge in [-0.1, -0.05) is 11.6 Å². The summed E-state index contributed by atoms with van der Waals surface area (Å²) in [7, 11) is 1.63. The Morgan fingerprint density at radius 3 is 2.58 bits per heavy atom. The predicted molar refractivity (Wildman–Crippen MR) is 103 cm³/mol. The van der Waals surface area contributed by atoms with E-state index in [1.54, 1.807) is 13.2 Å². The number of ether oxygens (including phenoxy) is 2. The molecule has 2 fully saturated rings. The Kier molecular flexibility index (Phi) is 6.20. The predicted octanol–water partition coefficient (Wildman–Crippen LogP) is 3.40. The molecule has 0 atom stereocenters. The van der Waals surface area contributed by atoms with Crippen LogP contribution in [0.25, 0.3) is 0 Å². The van der Waals surface area contributed by atoms with Crippen LogP contribution in [-0.4, -0.2) is 49.7 Å².